The summed E-state index contributed by atoms with van der Waals surface area (Å²) in [4.78, 5) is 11.5. The van der Waals surface area contributed by atoms with E-state index in [0.717, 1.165) is 22.6 Å². The molecule has 0 bridgehead atoms. The molecular weight excluding hydrogens is 368 g/mol. The van der Waals surface area contributed by atoms with Crippen LogP contribution in [0.3, 0.4) is 0 Å². The van der Waals surface area contributed by atoms with Crippen molar-refractivity contribution in [1.29, 1.82) is 0 Å². The molecule has 148 valence electrons. The van der Waals surface area contributed by atoms with Crippen molar-refractivity contribution in [2.75, 3.05) is 7.11 Å². The largest absolute Gasteiger partial charge is 0.497 e. The van der Waals surface area contributed by atoms with Crippen molar-refractivity contribution in [3.05, 3.63) is 59.7 Å². The van der Waals surface area contributed by atoms with E-state index in [1.54, 1.807) is 14.0 Å². The van der Waals surface area contributed by atoms with Crippen LogP contribution in [0.4, 0.5) is 0 Å². The Bertz CT molecular complexity index is 839. The topological polar surface area (TPSA) is 55.8 Å². The van der Waals surface area contributed by atoms with Crippen LogP contribution in [0.5, 0.6) is 11.5 Å². The Hall–Kier alpha value is -2.71. The lowest BCUT2D eigenvalue weighted by Gasteiger charge is -2.17. The highest BCUT2D eigenvalue weighted by Crippen LogP contribution is 2.27. The lowest BCUT2D eigenvalue weighted by Crippen LogP contribution is -2.21. The zero-order chi connectivity index (χ0) is 20.7. The molecule has 0 aliphatic carbocycles. The van der Waals surface area contributed by atoms with Gasteiger partial charge in [-0.05, 0) is 35.4 Å². The number of ether oxygens (including phenoxy) is 2. The number of aliphatic carboxylic acids is 1. The van der Waals surface area contributed by atoms with Crippen LogP contribution in [0.25, 0.3) is 0 Å². The van der Waals surface area contributed by atoms with Gasteiger partial charge in [-0.1, -0.05) is 50.8 Å². The maximum Gasteiger partial charge on any atom is 0.307 e. The SMILES string of the molecule is COc1ccc(COc2ccc(C(C#C[Si](C)(C)C)C(C)C(=O)O)cc2)cc1. The maximum atomic E-state index is 11.5. The van der Waals surface area contributed by atoms with Crippen molar-refractivity contribution in [3.63, 3.8) is 0 Å². The quantitative estimate of drug-likeness (QED) is 0.531. The normalized spacial score (nSPS) is 13.0. The van der Waals surface area contributed by atoms with Crippen LogP contribution in [-0.4, -0.2) is 26.3 Å². The van der Waals surface area contributed by atoms with E-state index in [4.69, 9.17) is 9.47 Å². The lowest BCUT2D eigenvalue weighted by molar-refractivity contribution is -0.141. The number of carboxylic acids is 1. The molecule has 0 aliphatic rings. The van der Waals surface area contributed by atoms with E-state index in [1.807, 2.05) is 48.5 Å². The van der Waals surface area contributed by atoms with E-state index >= 15 is 0 Å². The van der Waals surface area contributed by atoms with Gasteiger partial charge < -0.3 is 14.6 Å². The molecule has 2 aromatic carbocycles. The predicted octanol–water partition coefficient (Wildman–Crippen LogP) is 4.96. The summed E-state index contributed by atoms with van der Waals surface area (Å²) < 4.78 is 11.0. The van der Waals surface area contributed by atoms with Gasteiger partial charge in [0.2, 0.25) is 0 Å². The highest BCUT2D eigenvalue weighted by molar-refractivity contribution is 6.83. The van der Waals surface area contributed by atoms with Crippen LogP contribution < -0.4 is 9.47 Å². The number of hydrogen-bond donors (Lipinski definition) is 1. The third-order valence-electron chi connectivity index (χ3n) is 4.30. The summed E-state index contributed by atoms with van der Waals surface area (Å²) in [7, 11) is 0.0493. The molecular formula is C23H28O4Si. The molecule has 2 rings (SSSR count). The van der Waals surface area contributed by atoms with Crippen molar-refractivity contribution in [2.45, 2.75) is 39.1 Å². The van der Waals surface area contributed by atoms with E-state index < -0.39 is 20.0 Å². The van der Waals surface area contributed by atoms with Crippen molar-refractivity contribution in [1.82, 2.24) is 0 Å². The first kappa shape index (κ1) is 21.6. The Kier molecular flexibility index (Phi) is 7.30. The second-order valence-electron chi connectivity index (χ2n) is 7.83. The molecule has 2 aromatic rings. The zero-order valence-corrected chi connectivity index (χ0v) is 18.2. The Labute approximate surface area is 168 Å². The molecule has 0 aliphatic heterocycles. The molecule has 1 N–H and O–H groups in total. The number of methoxy groups -OCH3 is 1. The van der Waals surface area contributed by atoms with E-state index in [0.29, 0.717) is 6.61 Å². The van der Waals surface area contributed by atoms with Crippen LogP contribution in [-0.2, 0) is 11.4 Å². The summed E-state index contributed by atoms with van der Waals surface area (Å²) in [5.41, 5.74) is 5.26. The fourth-order valence-electron chi connectivity index (χ4n) is 2.59. The molecule has 2 atom stereocenters. The van der Waals surface area contributed by atoms with E-state index in [2.05, 4.69) is 31.1 Å². The molecule has 5 heteroatoms. The summed E-state index contributed by atoms with van der Waals surface area (Å²) in [5, 5.41) is 9.46. The molecule has 0 amide bonds. The van der Waals surface area contributed by atoms with Crippen LogP contribution in [0.15, 0.2) is 48.5 Å². The fraction of sp³-hybridized carbons (Fsp3) is 0.348. The van der Waals surface area contributed by atoms with Gasteiger partial charge in [-0.15, -0.1) is 11.5 Å². The molecule has 0 saturated carbocycles. The number of carboxylic acid groups (broad SMARTS) is 1. The third-order valence-corrected chi connectivity index (χ3v) is 5.19. The average Bonchev–Trinajstić information content (AvgIpc) is 2.66. The summed E-state index contributed by atoms with van der Waals surface area (Å²) in [5.74, 6) is 3.02. The second-order valence-corrected chi connectivity index (χ2v) is 12.6. The minimum atomic E-state index is -1.59. The fourth-order valence-corrected chi connectivity index (χ4v) is 3.18. The summed E-state index contributed by atoms with van der Waals surface area (Å²) >= 11 is 0. The van der Waals surface area contributed by atoms with Crippen molar-refractivity contribution >= 4 is 14.0 Å². The molecule has 4 nitrogen and oxygen atoms in total. The summed E-state index contributed by atoms with van der Waals surface area (Å²) in [6.45, 7) is 8.61. The first-order valence-corrected chi connectivity index (χ1v) is 12.8. The van der Waals surface area contributed by atoms with Crippen molar-refractivity contribution in [2.24, 2.45) is 5.92 Å². The molecule has 2 unspecified atom stereocenters. The van der Waals surface area contributed by atoms with Crippen LogP contribution in [0, 0.1) is 17.4 Å². The van der Waals surface area contributed by atoms with Gasteiger partial charge in [0, 0.05) is 0 Å². The Balaban J connectivity index is 2.12. The smallest absolute Gasteiger partial charge is 0.307 e. The van der Waals surface area contributed by atoms with Gasteiger partial charge in [0.05, 0.1) is 18.9 Å². The zero-order valence-electron chi connectivity index (χ0n) is 17.2. The van der Waals surface area contributed by atoms with Gasteiger partial charge in [-0.2, -0.15) is 0 Å². The van der Waals surface area contributed by atoms with E-state index in [-0.39, 0.29) is 5.92 Å². The Morgan fingerprint density at radius 3 is 2.11 bits per heavy atom. The molecule has 0 spiro atoms. The van der Waals surface area contributed by atoms with Crippen LogP contribution >= 0.6 is 0 Å². The second kappa shape index (κ2) is 9.47. The highest BCUT2D eigenvalue weighted by atomic mass is 28.3. The van der Waals surface area contributed by atoms with Crippen molar-refractivity contribution < 1.29 is 19.4 Å². The standard InChI is InChI=1S/C23H28O4Si/c1-17(23(24)25)22(14-15-28(3,4)5)19-8-12-21(13-9-19)27-16-18-6-10-20(26-2)11-7-18/h6-13,17,22H,16H2,1-5H3,(H,24,25). The lowest BCUT2D eigenvalue weighted by atomic mass is 9.88. The van der Waals surface area contributed by atoms with E-state index in [1.165, 1.54) is 0 Å². The molecule has 0 saturated heterocycles. The molecule has 0 fully saturated rings. The van der Waals surface area contributed by atoms with Gasteiger partial charge in [0.25, 0.3) is 0 Å². The number of rotatable bonds is 7. The summed E-state index contributed by atoms with van der Waals surface area (Å²) in [6.07, 6.45) is 0. The predicted molar refractivity (Wildman–Crippen MR) is 114 cm³/mol. The monoisotopic (exact) mass is 396 g/mol. The number of carbonyl (C=O) groups is 1. The van der Waals surface area contributed by atoms with Gasteiger partial charge in [-0.3, -0.25) is 4.79 Å². The molecule has 0 aromatic heterocycles. The highest BCUT2D eigenvalue weighted by Gasteiger charge is 2.24. The van der Waals surface area contributed by atoms with Gasteiger partial charge >= 0.3 is 5.97 Å². The van der Waals surface area contributed by atoms with Gasteiger partial charge in [0.1, 0.15) is 26.2 Å². The third kappa shape index (κ3) is 6.47. The van der Waals surface area contributed by atoms with Crippen LogP contribution in [0.2, 0.25) is 19.6 Å². The van der Waals surface area contributed by atoms with Gasteiger partial charge in [0.15, 0.2) is 0 Å². The minimum Gasteiger partial charge on any atom is -0.497 e. The molecule has 0 radical (unpaired) electrons. The van der Waals surface area contributed by atoms with Crippen LogP contribution in [0.1, 0.15) is 24.0 Å². The van der Waals surface area contributed by atoms with E-state index in [9.17, 15) is 9.90 Å². The van der Waals surface area contributed by atoms with Crippen molar-refractivity contribution in [3.8, 4) is 23.0 Å². The number of benzene rings is 2. The molecule has 28 heavy (non-hydrogen) atoms. The Morgan fingerprint density at radius 1 is 1.04 bits per heavy atom. The molecule has 0 heterocycles. The minimum absolute atomic E-state index is 0.333. The Morgan fingerprint density at radius 2 is 1.61 bits per heavy atom. The first-order valence-electron chi connectivity index (χ1n) is 9.31. The summed E-state index contributed by atoms with van der Waals surface area (Å²) in [6, 6.07) is 15.3. The van der Waals surface area contributed by atoms with Gasteiger partial charge in [-0.25, -0.2) is 0 Å². The maximum absolute atomic E-state index is 11.5. The average molecular weight is 397 g/mol. The number of hydrogen-bond acceptors (Lipinski definition) is 3. The first-order chi connectivity index (χ1) is 13.2.